The van der Waals surface area contributed by atoms with Gasteiger partial charge in [-0.15, -0.1) is 11.6 Å². The van der Waals surface area contributed by atoms with Gasteiger partial charge in [0.15, 0.2) is 0 Å². The summed E-state index contributed by atoms with van der Waals surface area (Å²) in [5.41, 5.74) is 1.66. The number of hydrogen-bond acceptors (Lipinski definition) is 2. The Morgan fingerprint density at radius 2 is 2.39 bits per heavy atom. The topological polar surface area (TPSA) is 38.1 Å². The molecule has 2 rings (SSSR count). The van der Waals surface area contributed by atoms with Gasteiger partial charge in [0.1, 0.15) is 0 Å². The lowest BCUT2D eigenvalue weighted by molar-refractivity contribution is 0.0671. The van der Waals surface area contributed by atoms with Crippen LogP contribution < -0.4 is 0 Å². The summed E-state index contributed by atoms with van der Waals surface area (Å²) < 4.78 is 1.74. The second-order valence-corrected chi connectivity index (χ2v) is 5.38. The maximum Gasteiger partial charge on any atom is 0.257 e. The fourth-order valence-corrected chi connectivity index (χ4v) is 2.83. The Balaban J connectivity index is 2.07. The van der Waals surface area contributed by atoms with E-state index in [0.717, 1.165) is 37.2 Å². The van der Waals surface area contributed by atoms with Crippen molar-refractivity contribution >= 4 is 17.5 Å². The van der Waals surface area contributed by atoms with Crippen LogP contribution in [0.1, 0.15) is 35.3 Å². The lowest BCUT2D eigenvalue weighted by Crippen LogP contribution is -2.40. The Hall–Kier alpha value is -1.03. The molecule has 1 aliphatic heterocycles. The highest BCUT2D eigenvalue weighted by Gasteiger charge is 2.25. The summed E-state index contributed by atoms with van der Waals surface area (Å²) in [5.74, 6) is 1.34. The molecule has 0 radical (unpaired) electrons. The molecule has 0 N–H and O–H groups in total. The number of piperidine rings is 1. The Bertz CT molecular complexity index is 428. The molecule has 0 bridgehead atoms. The van der Waals surface area contributed by atoms with Crippen LogP contribution in [0.3, 0.4) is 0 Å². The summed E-state index contributed by atoms with van der Waals surface area (Å²) in [4.78, 5) is 14.4. The summed E-state index contributed by atoms with van der Waals surface area (Å²) in [6.07, 6.45) is 4.93. The van der Waals surface area contributed by atoms with E-state index in [1.165, 1.54) is 6.42 Å². The van der Waals surface area contributed by atoms with E-state index in [-0.39, 0.29) is 5.91 Å². The molecule has 1 unspecified atom stereocenters. The first kappa shape index (κ1) is 13.4. The lowest BCUT2D eigenvalue weighted by atomic mass is 9.95. The van der Waals surface area contributed by atoms with Crippen molar-refractivity contribution in [2.24, 2.45) is 13.0 Å². The van der Waals surface area contributed by atoms with Gasteiger partial charge in [-0.2, -0.15) is 5.10 Å². The van der Waals surface area contributed by atoms with Gasteiger partial charge in [-0.3, -0.25) is 9.48 Å². The van der Waals surface area contributed by atoms with E-state index in [4.69, 9.17) is 11.6 Å². The molecule has 1 atom stereocenters. The van der Waals surface area contributed by atoms with Crippen molar-refractivity contribution in [3.63, 3.8) is 0 Å². The monoisotopic (exact) mass is 269 g/mol. The molecule has 0 saturated carbocycles. The van der Waals surface area contributed by atoms with Gasteiger partial charge in [0, 0.05) is 31.7 Å². The van der Waals surface area contributed by atoms with Gasteiger partial charge in [0.2, 0.25) is 0 Å². The number of halogens is 1. The zero-order chi connectivity index (χ0) is 13.1. The Morgan fingerprint density at radius 3 is 3.00 bits per heavy atom. The molecule has 1 amide bonds. The number of alkyl halides is 1. The highest BCUT2D eigenvalue weighted by Crippen LogP contribution is 2.22. The molecule has 1 aromatic rings. The van der Waals surface area contributed by atoms with Crippen LogP contribution in [0, 0.1) is 12.8 Å². The lowest BCUT2D eigenvalue weighted by Gasteiger charge is -2.32. The third kappa shape index (κ3) is 2.69. The second kappa shape index (κ2) is 5.74. The van der Waals surface area contributed by atoms with Crippen molar-refractivity contribution in [3.8, 4) is 0 Å². The van der Waals surface area contributed by atoms with Crippen LogP contribution in [-0.4, -0.2) is 39.6 Å². The zero-order valence-electron chi connectivity index (χ0n) is 11.0. The number of carbonyl (C=O) groups is 1. The third-order valence-electron chi connectivity index (χ3n) is 3.79. The highest BCUT2D eigenvalue weighted by molar-refractivity contribution is 6.17. The molecule has 5 heteroatoms. The smallest absolute Gasteiger partial charge is 0.257 e. The quantitative estimate of drug-likeness (QED) is 0.789. The molecule has 1 saturated heterocycles. The molecule has 1 fully saturated rings. The molecule has 100 valence electrons. The summed E-state index contributed by atoms with van der Waals surface area (Å²) in [6, 6.07) is 0. The molecule has 0 aromatic carbocycles. The number of carbonyl (C=O) groups excluding carboxylic acids is 1. The van der Waals surface area contributed by atoms with Crippen molar-refractivity contribution in [2.45, 2.75) is 26.2 Å². The van der Waals surface area contributed by atoms with E-state index >= 15 is 0 Å². The fourth-order valence-electron chi connectivity index (χ4n) is 2.52. The van der Waals surface area contributed by atoms with Crippen molar-refractivity contribution in [3.05, 3.63) is 17.5 Å². The van der Waals surface area contributed by atoms with Crippen molar-refractivity contribution in [1.29, 1.82) is 0 Å². The highest BCUT2D eigenvalue weighted by atomic mass is 35.5. The minimum absolute atomic E-state index is 0.111. The van der Waals surface area contributed by atoms with Crippen LogP contribution in [0.25, 0.3) is 0 Å². The summed E-state index contributed by atoms with van der Waals surface area (Å²) >= 11 is 5.79. The van der Waals surface area contributed by atoms with Gasteiger partial charge in [-0.25, -0.2) is 0 Å². The summed E-state index contributed by atoms with van der Waals surface area (Å²) in [5, 5.41) is 4.14. The first-order valence-electron chi connectivity index (χ1n) is 6.47. The van der Waals surface area contributed by atoms with Gasteiger partial charge in [0.05, 0.1) is 11.8 Å². The van der Waals surface area contributed by atoms with E-state index in [2.05, 4.69) is 5.10 Å². The van der Waals surface area contributed by atoms with Crippen molar-refractivity contribution in [1.82, 2.24) is 14.7 Å². The number of amides is 1. The maximum atomic E-state index is 12.4. The second-order valence-electron chi connectivity index (χ2n) is 5.00. The van der Waals surface area contributed by atoms with E-state index in [1.54, 1.807) is 10.9 Å². The predicted octanol–water partition coefficient (Wildman–Crippen LogP) is 2.21. The Labute approximate surface area is 113 Å². The number of nitrogens with zero attached hydrogens (tertiary/aromatic N) is 3. The van der Waals surface area contributed by atoms with Gasteiger partial charge in [-0.05, 0) is 32.1 Å². The Kier molecular flexibility index (Phi) is 4.27. The van der Waals surface area contributed by atoms with Crippen LogP contribution in [0.5, 0.6) is 0 Å². The average Bonchev–Trinajstić information content (AvgIpc) is 2.70. The minimum Gasteiger partial charge on any atom is -0.338 e. The van der Waals surface area contributed by atoms with E-state index < -0.39 is 0 Å². The number of rotatable bonds is 3. The fraction of sp³-hybridized carbons (Fsp3) is 0.692. The molecule has 0 aliphatic carbocycles. The normalized spacial score (nSPS) is 20.2. The average molecular weight is 270 g/mol. The van der Waals surface area contributed by atoms with Gasteiger partial charge < -0.3 is 4.90 Å². The zero-order valence-corrected chi connectivity index (χ0v) is 11.8. The van der Waals surface area contributed by atoms with Gasteiger partial charge in [0.25, 0.3) is 5.91 Å². The minimum atomic E-state index is 0.111. The molecule has 1 aliphatic rings. The Morgan fingerprint density at radius 1 is 1.61 bits per heavy atom. The van der Waals surface area contributed by atoms with E-state index in [0.29, 0.717) is 11.8 Å². The van der Waals surface area contributed by atoms with Crippen molar-refractivity contribution in [2.75, 3.05) is 19.0 Å². The van der Waals surface area contributed by atoms with E-state index in [1.807, 2.05) is 18.9 Å². The van der Waals surface area contributed by atoms with Crippen LogP contribution in [0.4, 0.5) is 0 Å². The standard InChI is InChI=1S/C13H20ClN3O/c1-10-12(8-15-16(10)2)13(18)17-7-3-4-11(9-17)5-6-14/h8,11H,3-7,9H2,1-2H3. The van der Waals surface area contributed by atoms with E-state index in [9.17, 15) is 4.79 Å². The summed E-state index contributed by atoms with van der Waals surface area (Å²) in [6.45, 7) is 3.62. The number of likely N-dealkylation sites (tertiary alicyclic amines) is 1. The largest absolute Gasteiger partial charge is 0.338 e. The molecule has 2 heterocycles. The summed E-state index contributed by atoms with van der Waals surface area (Å²) in [7, 11) is 1.86. The number of aryl methyl sites for hydroxylation is 1. The predicted molar refractivity (Wildman–Crippen MR) is 71.9 cm³/mol. The van der Waals surface area contributed by atoms with Crippen LogP contribution in [0.2, 0.25) is 0 Å². The van der Waals surface area contributed by atoms with Gasteiger partial charge in [-0.1, -0.05) is 0 Å². The van der Waals surface area contributed by atoms with Crippen LogP contribution in [0.15, 0.2) is 6.20 Å². The molecule has 1 aromatic heterocycles. The number of hydrogen-bond donors (Lipinski definition) is 0. The molecular formula is C13H20ClN3O. The molecule has 18 heavy (non-hydrogen) atoms. The van der Waals surface area contributed by atoms with Crippen LogP contribution >= 0.6 is 11.6 Å². The number of aromatic nitrogens is 2. The van der Waals surface area contributed by atoms with Crippen molar-refractivity contribution < 1.29 is 4.79 Å². The first-order chi connectivity index (χ1) is 8.63. The third-order valence-corrected chi connectivity index (χ3v) is 4.01. The maximum absolute atomic E-state index is 12.4. The molecule has 0 spiro atoms. The van der Waals surface area contributed by atoms with Gasteiger partial charge >= 0.3 is 0 Å². The molecular weight excluding hydrogens is 250 g/mol. The SMILES string of the molecule is Cc1c(C(=O)N2CCCC(CCCl)C2)cnn1C. The first-order valence-corrected chi connectivity index (χ1v) is 7.00. The molecule has 4 nitrogen and oxygen atoms in total. The van der Waals surface area contributed by atoms with Crippen LogP contribution in [-0.2, 0) is 7.05 Å².